The van der Waals surface area contributed by atoms with E-state index >= 15 is 0 Å². The maximum absolute atomic E-state index is 14.3. The summed E-state index contributed by atoms with van der Waals surface area (Å²) in [5.74, 6) is -5.18. The van der Waals surface area contributed by atoms with Crippen LogP contribution in [0.1, 0.15) is 11.3 Å². The fraction of sp³-hybridized carbons (Fsp3) is 0.167. The molecule has 2 heterocycles. The van der Waals surface area contributed by atoms with E-state index in [0.717, 1.165) is 25.5 Å². The number of amides is 1. The molecule has 0 atom stereocenters. The van der Waals surface area contributed by atoms with Gasteiger partial charge in [-0.25, -0.2) is 18.6 Å². The number of imidazole rings is 1. The van der Waals surface area contributed by atoms with Crippen molar-refractivity contribution in [2.24, 2.45) is 0 Å². The molecule has 0 aliphatic carbocycles. The van der Waals surface area contributed by atoms with E-state index in [1.165, 1.54) is 0 Å². The zero-order valence-corrected chi connectivity index (χ0v) is 17.9. The second kappa shape index (κ2) is 8.87. The van der Waals surface area contributed by atoms with Crippen LogP contribution in [0.4, 0.5) is 45.6 Å². The Balaban J connectivity index is 2.20. The summed E-state index contributed by atoms with van der Waals surface area (Å²) in [6.45, 7) is 0. The number of anilines is 1. The molecule has 1 aromatic carbocycles. The third kappa shape index (κ3) is 4.84. The van der Waals surface area contributed by atoms with Crippen LogP contribution in [0.3, 0.4) is 0 Å². The van der Waals surface area contributed by atoms with E-state index in [-0.39, 0.29) is 10.8 Å². The average Bonchev–Trinajstić information content (AvgIpc) is 3.15. The normalized spacial score (nSPS) is 12.1. The first-order valence-corrected chi connectivity index (χ1v) is 9.46. The SMILES string of the molecule is CN(C(=O)Oc1c(C(F)(F)F)cc(C(F)(F)F)nc1-n1cc[nH]c1=S)c1ccc(F)c(Cl)c1F. The largest absolute Gasteiger partial charge is 0.433 e. The number of aromatic amines is 1. The highest BCUT2D eigenvalue weighted by molar-refractivity contribution is 7.71. The summed E-state index contributed by atoms with van der Waals surface area (Å²) >= 11 is 10.3. The quantitative estimate of drug-likeness (QED) is 0.237. The van der Waals surface area contributed by atoms with Crippen molar-refractivity contribution in [3.8, 4) is 11.6 Å². The molecule has 0 aliphatic rings. The van der Waals surface area contributed by atoms with Gasteiger partial charge in [0.2, 0.25) is 0 Å². The number of alkyl halides is 6. The molecule has 1 N–H and O–H groups in total. The number of pyridine rings is 1. The van der Waals surface area contributed by atoms with Crippen LogP contribution in [0, 0.1) is 16.4 Å². The van der Waals surface area contributed by atoms with Gasteiger partial charge in [0.05, 0.1) is 5.69 Å². The Bertz CT molecular complexity index is 1320. The highest BCUT2D eigenvalue weighted by atomic mass is 35.5. The van der Waals surface area contributed by atoms with Crippen LogP contribution >= 0.6 is 23.8 Å². The first kappa shape index (κ1) is 25.4. The number of nitrogens with one attached hydrogen (secondary N) is 1. The summed E-state index contributed by atoms with van der Waals surface area (Å²) in [5, 5.41) is -1.01. The number of nitrogens with zero attached hydrogens (tertiary/aromatic N) is 3. The fourth-order valence-electron chi connectivity index (χ4n) is 2.66. The first-order valence-electron chi connectivity index (χ1n) is 8.67. The van der Waals surface area contributed by atoms with Crippen LogP contribution in [0.2, 0.25) is 5.02 Å². The highest BCUT2D eigenvalue weighted by Crippen LogP contribution is 2.43. The van der Waals surface area contributed by atoms with E-state index in [9.17, 15) is 39.9 Å². The molecule has 0 saturated carbocycles. The number of carbonyl (C=O) groups excluding carboxylic acids is 1. The van der Waals surface area contributed by atoms with Gasteiger partial charge in [-0.05, 0) is 30.4 Å². The lowest BCUT2D eigenvalue weighted by Gasteiger charge is -2.22. The fourth-order valence-corrected chi connectivity index (χ4v) is 3.03. The van der Waals surface area contributed by atoms with Gasteiger partial charge < -0.3 is 9.72 Å². The van der Waals surface area contributed by atoms with E-state index in [1.807, 2.05) is 0 Å². The zero-order chi connectivity index (χ0) is 25.6. The van der Waals surface area contributed by atoms with Gasteiger partial charge in [-0.1, -0.05) is 11.6 Å². The van der Waals surface area contributed by atoms with Gasteiger partial charge in [0.15, 0.2) is 22.2 Å². The van der Waals surface area contributed by atoms with Crippen molar-refractivity contribution in [1.29, 1.82) is 0 Å². The zero-order valence-electron chi connectivity index (χ0n) is 16.4. The summed E-state index contributed by atoms with van der Waals surface area (Å²) in [7, 11) is 0.849. The number of halogens is 9. The molecular formula is C18H9ClF8N4O2S. The van der Waals surface area contributed by atoms with Crippen molar-refractivity contribution < 1.29 is 44.7 Å². The Morgan fingerprint density at radius 2 is 1.82 bits per heavy atom. The third-order valence-corrected chi connectivity index (χ3v) is 4.93. The van der Waals surface area contributed by atoms with E-state index in [0.29, 0.717) is 15.5 Å². The van der Waals surface area contributed by atoms with Gasteiger partial charge in [-0.3, -0.25) is 9.47 Å². The molecule has 0 saturated heterocycles. The highest BCUT2D eigenvalue weighted by Gasteiger charge is 2.43. The lowest BCUT2D eigenvalue weighted by atomic mass is 10.1. The van der Waals surface area contributed by atoms with Crippen LogP contribution in [-0.2, 0) is 12.4 Å². The second-order valence-electron chi connectivity index (χ2n) is 6.46. The van der Waals surface area contributed by atoms with Crippen molar-refractivity contribution in [3.05, 3.63) is 63.3 Å². The van der Waals surface area contributed by atoms with Gasteiger partial charge in [0, 0.05) is 19.4 Å². The van der Waals surface area contributed by atoms with Crippen LogP contribution in [0.25, 0.3) is 5.82 Å². The van der Waals surface area contributed by atoms with Gasteiger partial charge in [-0.15, -0.1) is 0 Å². The number of ether oxygens (including phenoxy) is 1. The Hall–Kier alpha value is -3.20. The standard InChI is InChI=1S/C18H9ClF8N4O2S/c1-30(9-3-2-8(20)11(19)12(9)21)16(32)33-13-7(17(22,23)24)6-10(18(25,26)27)29-14(13)31-5-4-28-15(31)34/h2-6H,1H3,(H,28,34). The molecule has 6 nitrogen and oxygen atoms in total. The maximum atomic E-state index is 14.3. The monoisotopic (exact) mass is 532 g/mol. The average molecular weight is 533 g/mol. The van der Waals surface area contributed by atoms with Gasteiger partial charge in [0.1, 0.15) is 22.1 Å². The van der Waals surface area contributed by atoms with Gasteiger partial charge >= 0.3 is 18.4 Å². The lowest BCUT2D eigenvalue weighted by Crippen LogP contribution is -2.32. The molecule has 34 heavy (non-hydrogen) atoms. The molecule has 0 fully saturated rings. The molecule has 0 spiro atoms. The molecule has 16 heteroatoms. The summed E-state index contributed by atoms with van der Waals surface area (Å²) in [5.41, 5.74) is -4.64. The number of hydrogen-bond acceptors (Lipinski definition) is 4. The van der Waals surface area contributed by atoms with Gasteiger partial charge in [-0.2, -0.15) is 26.3 Å². The second-order valence-corrected chi connectivity index (χ2v) is 7.22. The topological polar surface area (TPSA) is 63.2 Å². The Labute approximate surface area is 194 Å². The molecule has 3 rings (SSSR count). The van der Waals surface area contributed by atoms with Crippen LogP contribution in [0.15, 0.2) is 30.6 Å². The number of benzene rings is 1. The maximum Gasteiger partial charge on any atom is 0.433 e. The predicted molar refractivity (Wildman–Crippen MR) is 105 cm³/mol. The van der Waals surface area contributed by atoms with E-state index < -0.39 is 63.6 Å². The molecule has 3 aromatic rings. The summed E-state index contributed by atoms with van der Waals surface area (Å²) < 4.78 is 114. The Kier molecular flexibility index (Phi) is 6.63. The van der Waals surface area contributed by atoms with Crippen LogP contribution < -0.4 is 9.64 Å². The Morgan fingerprint density at radius 1 is 1.18 bits per heavy atom. The van der Waals surface area contributed by atoms with Crippen LogP contribution in [-0.4, -0.2) is 27.7 Å². The van der Waals surface area contributed by atoms with Crippen LogP contribution in [0.5, 0.6) is 5.75 Å². The summed E-state index contributed by atoms with van der Waals surface area (Å²) in [4.78, 5) is 18.4. The van der Waals surface area contributed by atoms with Crippen molar-refractivity contribution >= 4 is 35.6 Å². The smallest absolute Gasteiger partial charge is 0.405 e. The lowest BCUT2D eigenvalue weighted by molar-refractivity contribution is -0.146. The number of carbonyl (C=O) groups is 1. The Morgan fingerprint density at radius 3 is 2.35 bits per heavy atom. The molecule has 0 unspecified atom stereocenters. The molecular weight excluding hydrogens is 524 g/mol. The van der Waals surface area contributed by atoms with E-state index in [4.69, 9.17) is 28.6 Å². The predicted octanol–water partition coefficient (Wildman–Crippen LogP) is 6.53. The molecule has 0 bridgehead atoms. The number of rotatable bonds is 3. The van der Waals surface area contributed by atoms with Gasteiger partial charge in [0.25, 0.3) is 0 Å². The summed E-state index contributed by atoms with van der Waals surface area (Å²) in [6.07, 6.45) is -10.4. The number of hydrogen-bond donors (Lipinski definition) is 1. The minimum Gasteiger partial charge on any atom is -0.405 e. The minimum atomic E-state index is -5.45. The molecule has 182 valence electrons. The molecule has 0 aliphatic heterocycles. The minimum absolute atomic E-state index is 0.332. The molecule has 1 amide bonds. The van der Waals surface area contributed by atoms with E-state index in [2.05, 4.69) is 9.97 Å². The number of aromatic nitrogens is 3. The summed E-state index contributed by atoms with van der Waals surface area (Å²) in [6, 6.07) is 1.07. The van der Waals surface area contributed by atoms with Crippen molar-refractivity contribution in [1.82, 2.24) is 14.5 Å². The van der Waals surface area contributed by atoms with E-state index in [1.54, 1.807) is 0 Å². The third-order valence-electron chi connectivity index (χ3n) is 4.27. The van der Waals surface area contributed by atoms with Crippen molar-refractivity contribution in [2.75, 3.05) is 11.9 Å². The van der Waals surface area contributed by atoms with Crippen molar-refractivity contribution in [3.63, 3.8) is 0 Å². The van der Waals surface area contributed by atoms with Crippen molar-refractivity contribution in [2.45, 2.75) is 12.4 Å². The molecule has 2 aromatic heterocycles. The first-order chi connectivity index (χ1) is 15.6. The number of H-pyrrole nitrogens is 1. The molecule has 0 radical (unpaired) electrons.